The second-order valence-electron chi connectivity index (χ2n) is 6.98. The van der Waals surface area contributed by atoms with Gasteiger partial charge in [0.25, 0.3) is 5.78 Å². The Bertz CT molecular complexity index is 1100. The predicted octanol–water partition coefficient (Wildman–Crippen LogP) is 3.38. The van der Waals surface area contributed by atoms with Gasteiger partial charge in [-0.15, -0.1) is 0 Å². The van der Waals surface area contributed by atoms with Crippen LogP contribution in [0.3, 0.4) is 0 Å². The molecule has 0 bridgehead atoms. The Kier molecular flexibility index (Phi) is 5.56. The summed E-state index contributed by atoms with van der Waals surface area (Å²) < 4.78 is 45.8. The predicted molar refractivity (Wildman–Crippen MR) is 102 cm³/mol. The molecule has 6 nitrogen and oxygen atoms in total. The number of rotatable bonds is 5. The van der Waals surface area contributed by atoms with Crippen LogP contribution < -0.4 is 0 Å². The Morgan fingerprint density at radius 1 is 1.07 bits per heavy atom. The Morgan fingerprint density at radius 2 is 1.70 bits per heavy atom. The number of aryl methyl sites for hydroxylation is 1. The van der Waals surface area contributed by atoms with Crippen LogP contribution >= 0.6 is 0 Å². The first-order valence-electron chi connectivity index (χ1n) is 8.97. The molecule has 0 radical (unpaired) electrons. The van der Waals surface area contributed by atoms with E-state index in [2.05, 4.69) is 4.74 Å². The highest BCUT2D eigenvalue weighted by Gasteiger charge is 2.46. The van der Waals surface area contributed by atoms with Crippen molar-refractivity contribution < 1.29 is 32.3 Å². The van der Waals surface area contributed by atoms with Crippen LogP contribution in [0.4, 0.5) is 13.2 Å². The summed E-state index contributed by atoms with van der Waals surface area (Å²) in [5.74, 6) is -4.89. The number of halogens is 3. The molecule has 9 heteroatoms. The van der Waals surface area contributed by atoms with E-state index in [0.29, 0.717) is 0 Å². The van der Waals surface area contributed by atoms with Gasteiger partial charge in [0.2, 0.25) is 0 Å². The van der Waals surface area contributed by atoms with Crippen molar-refractivity contribution in [3.63, 3.8) is 0 Å². The number of ether oxygens (including phenoxy) is 1. The van der Waals surface area contributed by atoms with Gasteiger partial charge >= 0.3 is 12.1 Å². The third-order valence-electron chi connectivity index (χ3n) is 5.00. The van der Waals surface area contributed by atoms with Crippen LogP contribution in [-0.2, 0) is 21.4 Å². The van der Waals surface area contributed by atoms with Gasteiger partial charge in [-0.25, -0.2) is 4.79 Å². The van der Waals surface area contributed by atoms with Crippen LogP contribution in [0.25, 0.3) is 10.9 Å². The molecule has 1 atom stereocenters. The molecule has 1 aliphatic heterocycles. The van der Waals surface area contributed by atoms with Crippen LogP contribution in [0.5, 0.6) is 0 Å². The number of esters is 1. The van der Waals surface area contributed by atoms with E-state index in [1.165, 1.54) is 18.1 Å². The Balaban J connectivity index is 2.03. The molecule has 1 aromatic carbocycles. The van der Waals surface area contributed by atoms with E-state index < -0.39 is 41.6 Å². The fourth-order valence-corrected chi connectivity index (χ4v) is 3.58. The molecule has 0 saturated heterocycles. The highest BCUT2D eigenvalue weighted by molar-refractivity contribution is 6.06. The van der Waals surface area contributed by atoms with Crippen molar-refractivity contribution in [2.24, 2.45) is 13.0 Å². The topological polar surface area (TPSA) is 68.6 Å². The number of ketones is 2. The highest BCUT2D eigenvalue weighted by atomic mass is 19.4. The van der Waals surface area contributed by atoms with Crippen molar-refractivity contribution in [1.82, 2.24) is 9.47 Å². The number of fused-ring (bicyclic) bond motifs is 1. The van der Waals surface area contributed by atoms with Gasteiger partial charge in [-0.3, -0.25) is 9.59 Å². The monoisotopic (exact) mass is 420 g/mol. The number of methoxy groups -OCH3 is 1. The number of benzene rings is 1. The minimum atomic E-state index is -5.15. The number of aromatic nitrogens is 1. The van der Waals surface area contributed by atoms with Crippen molar-refractivity contribution in [1.29, 1.82) is 0 Å². The number of nitrogens with zero attached hydrogens (tertiary/aromatic N) is 2. The Hall–Kier alpha value is -3.36. The third kappa shape index (κ3) is 3.87. The molecule has 0 N–H and O–H groups in total. The van der Waals surface area contributed by atoms with Gasteiger partial charge in [-0.2, -0.15) is 13.2 Å². The van der Waals surface area contributed by atoms with Gasteiger partial charge in [-0.05, 0) is 12.1 Å². The number of hydrogen-bond acceptors (Lipinski definition) is 5. The van der Waals surface area contributed by atoms with E-state index in [1.54, 1.807) is 41.9 Å². The molecule has 1 aromatic heterocycles. The largest absolute Gasteiger partial charge is 0.466 e. The van der Waals surface area contributed by atoms with Gasteiger partial charge in [0.1, 0.15) is 0 Å². The molecule has 0 fully saturated rings. The van der Waals surface area contributed by atoms with Gasteiger partial charge in [0, 0.05) is 55.3 Å². The zero-order chi connectivity index (χ0) is 22.2. The van der Waals surface area contributed by atoms with Crippen molar-refractivity contribution >= 4 is 28.4 Å². The molecule has 2 heterocycles. The SMILES string of the molecule is COC(=O)C1=CN(C)C=C(C(=O)C(F)(F)F)C1CC(=O)c1cc2ccccc2n1C. The van der Waals surface area contributed by atoms with Crippen LogP contribution in [-0.4, -0.2) is 47.3 Å². The molecule has 0 saturated carbocycles. The van der Waals surface area contributed by atoms with E-state index in [1.807, 2.05) is 0 Å². The average molecular weight is 420 g/mol. The zero-order valence-corrected chi connectivity index (χ0v) is 16.5. The fourth-order valence-electron chi connectivity index (χ4n) is 3.58. The van der Waals surface area contributed by atoms with Crippen molar-refractivity contribution in [2.75, 3.05) is 14.2 Å². The number of allylic oxidation sites excluding steroid dienone is 1. The maximum absolute atomic E-state index is 13.2. The molecule has 3 rings (SSSR count). The van der Waals surface area contributed by atoms with E-state index in [9.17, 15) is 27.6 Å². The summed E-state index contributed by atoms with van der Waals surface area (Å²) >= 11 is 0. The summed E-state index contributed by atoms with van der Waals surface area (Å²) in [5, 5.41) is 0.789. The fraction of sp³-hybridized carbons (Fsp3) is 0.286. The zero-order valence-electron chi connectivity index (χ0n) is 16.5. The van der Waals surface area contributed by atoms with Crippen molar-refractivity contribution in [3.05, 3.63) is 59.6 Å². The summed E-state index contributed by atoms with van der Waals surface area (Å²) in [6.45, 7) is 0. The second-order valence-corrected chi connectivity index (χ2v) is 6.98. The van der Waals surface area contributed by atoms with Gasteiger partial charge in [0.15, 0.2) is 5.78 Å². The lowest BCUT2D eigenvalue weighted by atomic mass is 9.82. The number of carbonyl (C=O) groups excluding carboxylic acids is 3. The number of hydrogen-bond donors (Lipinski definition) is 0. The quantitative estimate of drug-likeness (QED) is 0.548. The number of para-hydroxylation sites is 1. The standard InChI is InChI=1S/C21H19F3N2O4/c1-25-10-14(19(28)21(22,23)24)13(15(11-25)20(29)30-3)9-18(27)17-8-12-6-4-5-7-16(12)26(17)2/h4-8,10-11,13H,9H2,1-3H3. The molecule has 30 heavy (non-hydrogen) atoms. The van der Waals surface area contributed by atoms with E-state index >= 15 is 0 Å². The van der Waals surface area contributed by atoms with Crippen molar-refractivity contribution in [3.8, 4) is 0 Å². The lowest BCUT2D eigenvalue weighted by Gasteiger charge is -2.28. The molecular formula is C21H19F3N2O4. The number of Topliss-reactive ketones (excluding diaryl/α,β-unsaturated/α-hetero) is 2. The number of alkyl halides is 3. The van der Waals surface area contributed by atoms with Gasteiger partial charge in [0.05, 0.1) is 18.4 Å². The highest BCUT2D eigenvalue weighted by Crippen LogP contribution is 2.36. The minimum absolute atomic E-state index is 0.192. The summed E-state index contributed by atoms with van der Waals surface area (Å²) in [7, 11) is 4.13. The first-order chi connectivity index (χ1) is 14.0. The molecule has 2 aromatic rings. The van der Waals surface area contributed by atoms with E-state index in [4.69, 9.17) is 0 Å². The van der Waals surface area contributed by atoms with E-state index in [-0.39, 0.29) is 11.3 Å². The molecular weight excluding hydrogens is 401 g/mol. The first kappa shape index (κ1) is 21.4. The first-order valence-corrected chi connectivity index (χ1v) is 8.97. The van der Waals surface area contributed by atoms with Crippen LogP contribution in [0, 0.1) is 5.92 Å². The molecule has 0 aliphatic carbocycles. The van der Waals surface area contributed by atoms with Crippen molar-refractivity contribution in [2.45, 2.75) is 12.6 Å². The normalized spacial score (nSPS) is 16.9. The average Bonchev–Trinajstić information content (AvgIpc) is 3.04. The smallest absolute Gasteiger partial charge is 0.454 e. The molecule has 1 unspecified atom stereocenters. The van der Waals surface area contributed by atoms with Gasteiger partial charge < -0.3 is 14.2 Å². The summed E-state index contributed by atoms with van der Waals surface area (Å²) in [6.07, 6.45) is -3.39. The molecule has 158 valence electrons. The lowest BCUT2D eigenvalue weighted by molar-refractivity contribution is -0.167. The van der Waals surface area contributed by atoms with Gasteiger partial charge in [-0.1, -0.05) is 18.2 Å². The Morgan fingerprint density at radius 3 is 2.30 bits per heavy atom. The summed E-state index contributed by atoms with van der Waals surface area (Å²) in [4.78, 5) is 38.5. The third-order valence-corrected chi connectivity index (χ3v) is 5.00. The maximum atomic E-state index is 13.2. The lowest BCUT2D eigenvalue weighted by Crippen LogP contribution is -2.35. The summed E-state index contributed by atoms with van der Waals surface area (Å²) in [6, 6.07) is 8.84. The van der Waals surface area contributed by atoms with Crippen LogP contribution in [0.2, 0.25) is 0 Å². The summed E-state index contributed by atoms with van der Waals surface area (Å²) in [5.41, 5.74) is 0.162. The minimum Gasteiger partial charge on any atom is -0.466 e. The number of carbonyl (C=O) groups is 3. The molecule has 0 spiro atoms. The molecule has 1 aliphatic rings. The van der Waals surface area contributed by atoms with Crippen LogP contribution in [0.15, 0.2) is 53.9 Å². The van der Waals surface area contributed by atoms with Crippen LogP contribution in [0.1, 0.15) is 16.9 Å². The Labute approximate surface area is 170 Å². The second kappa shape index (κ2) is 7.81. The maximum Gasteiger partial charge on any atom is 0.454 e. The molecule has 0 amide bonds. The van der Waals surface area contributed by atoms with E-state index in [0.717, 1.165) is 24.2 Å².